The molecule has 1 aromatic rings. The maximum Gasteiger partial charge on any atom is 0.117 e. The normalized spacial score (nSPS) is 13.0. The summed E-state index contributed by atoms with van der Waals surface area (Å²) in [6.45, 7) is 6.81. The second kappa shape index (κ2) is 6.64. The van der Waals surface area contributed by atoms with E-state index in [1.165, 1.54) is 0 Å². The molecule has 1 rings (SSSR count). The molecule has 0 bridgehead atoms. The molecule has 0 fully saturated rings. The lowest BCUT2D eigenvalue weighted by Gasteiger charge is -2.10. The highest BCUT2D eigenvalue weighted by Crippen LogP contribution is 2.07. The third kappa shape index (κ3) is 4.49. The number of aryl methyl sites for hydroxylation is 1. The van der Waals surface area contributed by atoms with Gasteiger partial charge in [-0.05, 0) is 18.1 Å². The van der Waals surface area contributed by atoms with Crippen LogP contribution in [0.5, 0.6) is 0 Å². The number of ether oxygens (including phenoxy) is 1. The Labute approximate surface area is 91.8 Å². The summed E-state index contributed by atoms with van der Waals surface area (Å²) >= 11 is 0. The maximum atomic E-state index is 5.58. The molecular weight excluding hydrogens is 190 g/mol. The van der Waals surface area contributed by atoms with Gasteiger partial charge in [-0.25, -0.2) is 0 Å². The number of hydrogen-bond donors (Lipinski definition) is 1. The van der Waals surface area contributed by atoms with E-state index < -0.39 is 0 Å². The molecule has 0 saturated carbocycles. The minimum atomic E-state index is 0.538. The van der Waals surface area contributed by atoms with Crippen LogP contribution in [0.3, 0.4) is 0 Å². The highest BCUT2D eigenvalue weighted by atomic mass is 16.5. The van der Waals surface area contributed by atoms with Gasteiger partial charge in [0.05, 0.1) is 6.54 Å². The molecule has 0 spiro atoms. The quantitative estimate of drug-likeness (QED) is 0.751. The molecule has 1 N–H and O–H groups in total. The lowest BCUT2D eigenvalue weighted by Crippen LogP contribution is -2.23. The van der Waals surface area contributed by atoms with Gasteiger partial charge in [-0.1, -0.05) is 13.8 Å². The Hall–Kier alpha value is -0.800. The molecule has 0 aromatic carbocycles. The molecule has 3 heteroatoms. The SMILES string of the molecule is CCc1ccc(CNCC(C)COC)o1. The summed E-state index contributed by atoms with van der Waals surface area (Å²) in [6, 6.07) is 4.07. The van der Waals surface area contributed by atoms with Crippen molar-refractivity contribution in [2.75, 3.05) is 20.3 Å². The Morgan fingerprint density at radius 3 is 2.73 bits per heavy atom. The zero-order valence-electron chi connectivity index (χ0n) is 9.88. The minimum Gasteiger partial charge on any atom is -0.465 e. The second-order valence-electron chi connectivity index (χ2n) is 3.91. The first kappa shape index (κ1) is 12.3. The molecular formula is C12H21NO2. The van der Waals surface area contributed by atoms with Crippen LogP contribution in [0, 0.1) is 5.92 Å². The number of nitrogens with one attached hydrogen (secondary N) is 1. The van der Waals surface area contributed by atoms with Crippen LogP contribution in [0.25, 0.3) is 0 Å². The molecule has 0 saturated heterocycles. The van der Waals surface area contributed by atoms with Gasteiger partial charge in [-0.15, -0.1) is 0 Å². The molecule has 0 aliphatic rings. The Bertz CT molecular complexity index is 270. The first-order valence-electron chi connectivity index (χ1n) is 5.53. The fourth-order valence-electron chi connectivity index (χ4n) is 1.49. The number of hydrogen-bond acceptors (Lipinski definition) is 3. The standard InChI is InChI=1S/C12H21NO2/c1-4-11-5-6-12(15-11)8-13-7-10(2)9-14-3/h5-6,10,13H,4,7-9H2,1-3H3. The molecule has 0 aliphatic carbocycles. The molecule has 3 nitrogen and oxygen atoms in total. The third-order valence-corrected chi connectivity index (χ3v) is 2.31. The van der Waals surface area contributed by atoms with E-state index in [2.05, 4.69) is 19.2 Å². The van der Waals surface area contributed by atoms with Gasteiger partial charge in [-0.2, -0.15) is 0 Å². The molecule has 1 aromatic heterocycles. The molecule has 86 valence electrons. The Morgan fingerprint density at radius 2 is 2.13 bits per heavy atom. The van der Waals surface area contributed by atoms with Crippen molar-refractivity contribution in [1.82, 2.24) is 5.32 Å². The Morgan fingerprint density at radius 1 is 1.40 bits per heavy atom. The van der Waals surface area contributed by atoms with Crippen LogP contribution < -0.4 is 5.32 Å². The molecule has 1 atom stereocenters. The largest absolute Gasteiger partial charge is 0.465 e. The van der Waals surface area contributed by atoms with Crippen molar-refractivity contribution in [3.05, 3.63) is 23.7 Å². The summed E-state index contributed by atoms with van der Waals surface area (Å²) in [5, 5.41) is 3.35. The maximum absolute atomic E-state index is 5.58. The van der Waals surface area contributed by atoms with Crippen molar-refractivity contribution >= 4 is 0 Å². The molecule has 1 heterocycles. The van der Waals surface area contributed by atoms with Crippen molar-refractivity contribution in [3.63, 3.8) is 0 Å². The topological polar surface area (TPSA) is 34.4 Å². The van der Waals surface area contributed by atoms with E-state index in [-0.39, 0.29) is 0 Å². The van der Waals surface area contributed by atoms with Crippen molar-refractivity contribution in [1.29, 1.82) is 0 Å². The molecule has 1 unspecified atom stereocenters. The van der Waals surface area contributed by atoms with Crippen molar-refractivity contribution < 1.29 is 9.15 Å². The van der Waals surface area contributed by atoms with Crippen LogP contribution in [-0.4, -0.2) is 20.3 Å². The van der Waals surface area contributed by atoms with Gasteiger partial charge in [0, 0.05) is 26.7 Å². The first-order valence-corrected chi connectivity index (χ1v) is 5.53. The molecule has 15 heavy (non-hydrogen) atoms. The van der Waals surface area contributed by atoms with Gasteiger partial charge in [0.25, 0.3) is 0 Å². The fourth-order valence-corrected chi connectivity index (χ4v) is 1.49. The van der Waals surface area contributed by atoms with Crippen LogP contribution in [0.15, 0.2) is 16.5 Å². The first-order chi connectivity index (χ1) is 7.26. The summed E-state index contributed by atoms with van der Waals surface area (Å²) in [4.78, 5) is 0. The highest BCUT2D eigenvalue weighted by molar-refractivity contribution is 5.06. The number of methoxy groups -OCH3 is 1. The van der Waals surface area contributed by atoms with E-state index in [4.69, 9.17) is 9.15 Å². The smallest absolute Gasteiger partial charge is 0.117 e. The summed E-state index contributed by atoms with van der Waals surface area (Å²) < 4.78 is 10.6. The van der Waals surface area contributed by atoms with Gasteiger partial charge >= 0.3 is 0 Å². The van der Waals surface area contributed by atoms with Crippen molar-refractivity contribution in [3.8, 4) is 0 Å². The van der Waals surface area contributed by atoms with Crippen molar-refractivity contribution in [2.45, 2.75) is 26.8 Å². The van der Waals surface area contributed by atoms with Crippen LogP contribution in [0.1, 0.15) is 25.4 Å². The second-order valence-corrected chi connectivity index (χ2v) is 3.91. The van der Waals surface area contributed by atoms with E-state index in [0.717, 1.165) is 37.6 Å². The molecule has 0 radical (unpaired) electrons. The predicted molar refractivity (Wildman–Crippen MR) is 60.8 cm³/mol. The minimum absolute atomic E-state index is 0.538. The monoisotopic (exact) mass is 211 g/mol. The van der Waals surface area contributed by atoms with E-state index in [9.17, 15) is 0 Å². The van der Waals surface area contributed by atoms with E-state index in [0.29, 0.717) is 5.92 Å². The zero-order chi connectivity index (χ0) is 11.1. The summed E-state index contributed by atoms with van der Waals surface area (Å²) in [7, 11) is 1.73. The summed E-state index contributed by atoms with van der Waals surface area (Å²) in [6.07, 6.45) is 0.958. The van der Waals surface area contributed by atoms with Crippen LogP contribution in [-0.2, 0) is 17.7 Å². The zero-order valence-corrected chi connectivity index (χ0v) is 9.88. The Kier molecular flexibility index (Phi) is 5.43. The van der Waals surface area contributed by atoms with Gasteiger partial charge in [0.2, 0.25) is 0 Å². The van der Waals surface area contributed by atoms with Gasteiger partial charge in [0.15, 0.2) is 0 Å². The van der Waals surface area contributed by atoms with E-state index >= 15 is 0 Å². The van der Waals surface area contributed by atoms with Crippen LogP contribution in [0.2, 0.25) is 0 Å². The van der Waals surface area contributed by atoms with Crippen LogP contribution >= 0.6 is 0 Å². The summed E-state index contributed by atoms with van der Waals surface area (Å²) in [5.41, 5.74) is 0. The van der Waals surface area contributed by atoms with Crippen molar-refractivity contribution in [2.24, 2.45) is 5.92 Å². The van der Waals surface area contributed by atoms with E-state index in [1.807, 2.05) is 12.1 Å². The van der Waals surface area contributed by atoms with Crippen LogP contribution in [0.4, 0.5) is 0 Å². The fraction of sp³-hybridized carbons (Fsp3) is 0.667. The lowest BCUT2D eigenvalue weighted by molar-refractivity contribution is 0.158. The number of rotatable bonds is 7. The van der Waals surface area contributed by atoms with Gasteiger partial charge in [-0.3, -0.25) is 0 Å². The predicted octanol–water partition coefficient (Wildman–Crippen LogP) is 2.21. The number of furan rings is 1. The van der Waals surface area contributed by atoms with E-state index in [1.54, 1.807) is 7.11 Å². The lowest BCUT2D eigenvalue weighted by atomic mass is 10.2. The Balaban J connectivity index is 2.19. The van der Waals surface area contributed by atoms with Gasteiger partial charge in [0.1, 0.15) is 11.5 Å². The molecule has 0 aliphatic heterocycles. The summed E-state index contributed by atoms with van der Waals surface area (Å²) in [5.74, 6) is 2.60. The average Bonchev–Trinajstić information content (AvgIpc) is 2.66. The third-order valence-electron chi connectivity index (χ3n) is 2.31. The van der Waals surface area contributed by atoms with Gasteiger partial charge < -0.3 is 14.5 Å². The average molecular weight is 211 g/mol. The molecule has 0 amide bonds. The highest BCUT2D eigenvalue weighted by Gasteiger charge is 2.02.